The second-order valence-corrected chi connectivity index (χ2v) is 8.14. The Morgan fingerprint density at radius 2 is 1.72 bits per heavy atom. The first-order valence-electron chi connectivity index (χ1n) is 7.73. The minimum atomic E-state index is -3.65. The molecular formula is C18H18ClN3O2S. The van der Waals surface area contributed by atoms with Gasteiger partial charge in [-0.3, -0.25) is 4.68 Å². The van der Waals surface area contributed by atoms with Gasteiger partial charge in [-0.1, -0.05) is 54.1 Å². The topological polar surface area (TPSA) is 55.2 Å². The molecule has 0 aliphatic heterocycles. The van der Waals surface area contributed by atoms with Crippen molar-refractivity contribution in [2.75, 3.05) is 7.05 Å². The van der Waals surface area contributed by atoms with E-state index in [2.05, 4.69) is 5.10 Å². The van der Waals surface area contributed by atoms with E-state index in [1.165, 1.54) is 17.4 Å². The van der Waals surface area contributed by atoms with Crippen LogP contribution in [0.15, 0.2) is 71.9 Å². The van der Waals surface area contributed by atoms with Gasteiger partial charge in [-0.25, -0.2) is 8.42 Å². The predicted molar refractivity (Wildman–Crippen MR) is 97.9 cm³/mol. The van der Waals surface area contributed by atoms with Crippen molar-refractivity contribution >= 4 is 21.6 Å². The Bertz CT molecular complexity index is 955. The third kappa shape index (κ3) is 4.10. The van der Waals surface area contributed by atoms with Gasteiger partial charge in [0.2, 0.25) is 10.0 Å². The molecule has 3 aromatic rings. The number of nitrogens with zero attached hydrogens (tertiary/aromatic N) is 3. The summed E-state index contributed by atoms with van der Waals surface area (Å²) in [6.45, 7) is 0.865. The fraction of sp³-hybridized carbons (Fsp3) is 0.167. The Morgan fingerprint density at radius 1 is 1.04 bits per heavy atom. The number of halogens is 1. The first-order chi connectivity index (χ1) is 12.0. The lowest BCUT2D eigenvalue weighted by Gasteiger charge is -2.17. The van der Waals surface area contributed by atoms with E-state index in [4.69, 9.17) is 11.6 Å². The lowest BCUT2D eigenvalue weighted by Crippen LogP contribution is -2.26. The van der Waals surface area contributed by atoms with Crippen molar-refractivity contribution in [2.45, 2.75) is 18.0 Å². The van der Waals surface area contributed by atoms with Gasteiger partial charge in [0.25, 0.3) is 0 Å². The fourth-order valence-corrected chi connectivity index (χ4v) is 4.16. The molecule has 7 heteroatoms. The van der Waals surface area contributed by atoms with Crippen LogP contribution in [0.25, 0.3) is 0 Å². The van der Waals surface area contributed by atoms with Crippen LogP contribution in [0.3, 0.4) is 0 Å². The molecule has 0 aliphatic carbocycles. The predicted octanol–water partition coefficient (Wildman–Crippen LogP) is 3.41. The molecule has 2 aromatic carbocycles. The quantitative estimate of drug-likeness (QED) is 0.663. The van der Waals surface area contributed by atoms with Crippen LogP contribution in [0.5, 0.6) is 0 Å². The van der Waals surface area contributed by atoms with E-state index >= 15 is 0 Å². The molecule has 25 heavy (non-hydrogen) atoms. The normalized spacial score (nSPS) is 11.8. The van der Waals surface area contributed by atoms with E-state index in [1.54, 1.807) is 29.1 Å². The highest BCUT2D eigenvalue weighted by atomic mass is 35.5. The summed E-state index contributed by atoms with van der Waals surface area (Å²) >= 11 is 6.03. The number of benzene rings is 2. The van der Waals surface area contributed by atoms with Crippen molar-refractivity contribution in [3.63, 3.8) is 0 Å². The molecule has 0 amide bonds. The number of hydrogen-bond acceptors (Lipinski definition) is 3. The maximum atomic E-state index is 12.7. The van der Waals surface area contributed by atoms with Crippen molar-refractivity contribution < 1.29 is 8.42 Å². The summed E-state index contributed by atoms with van der Waals surface area (Å²) in [5.41, 5.74) is 1.95. The van der Waals surface area contributed by atoms with E-state index < -0.39 is 10.0 Å². The van der Waals surface area contributed by atoms with Crippen LogP contribution in [0, 0.1) is 0 Å². The fourth-order valence-electron chi connectivity index (χ4n) is 2.51. The molecule has 5 nitrogen and oxygen atoms in total. The highest BCUT2D eigenvalue weighted by Crippen LogP contribution is 2.24. The van der Waals surface area contributed by atoms with Crippen molar-refractivity contribution in [3.8, 4) is 0 Å². The van der Waals surface area contributed by atoms with Crippen LogP contribution in [-0.4, -0.2) is 29.6 Å². The molecule has 0 bridgehead atoms. The number of aromatic nitrogens is 2. The number of hydrogen-bond donors (Lipinski definition) is 0. The monoisotopic (exact) mass is 375 g/mol. The lowest BCUT2D eigenvalue weighted by molar-refractivity contribution is 0.466. The average Bonchev–Trinajstić information content (AvgIpc) is 3.03. The summed E-state index contributed by atoms with van der Waals surface area (Å²) in [4.78, 5) is 0.107. The van der Waals surface area contributed by atoms with Gasteiger partial charge in [-0.15, -0.1) is 0 Å². The summed E-state index contributed by atoms with van der Waals surface area (Å²) in [6, 6.07) is 16.4. The molecule has 0 saturated heterocycles. The van der Waals surface area contributed by atoms with Gasteiger partial charge < -0.3 is 0 Å². The van der Waals surface area contributed by atoms with E-state index in [-0.39, 0.29) is 16.5 Å². The Kier molecular flexibility index (Phi) is 5.22. The van der Waals surface area contributed by atoms with Crippen LogP contribution in [0.4, 0.5) is 0 Å². The smallest absolute Gasteiger partial charge is 0.244 e. The van der Waals surface area contributed by atoms with Gasteiger partial charge in [-0.05, 0) is 17.7 Å². The summed E-state index contributed by atoms with van der Waals surface area (Å²) in [7, 11) is -2.12. The molecule has 0 saturated carbocycles. The molecular weight excluding hydrogens is 358 g/mol. The molecule has 0 atom stereocenters. The van der Waals surface area contributed by atoms with Crippen molar-refractivity contribution in [1.29, 1.82) is 0 Å². The Morgan fingerprint density at radius 3 is 2.44 bits per heavy atom. The van der Waals surface area contributed by atoms with Gasteiger partial charge in [0, 0.05) is 25.4 Å². The largest absolute Gasteiger partial charge is 0.268 e. The molecule has 0 N–H and O–H groups in total. The molecule has 1 aromatic heterocycles. The summed E-state index contributed by atoms with van der Waals surface area (Å²) in [5, 5.41) is 4.52. The van der Waals surface area contributed by atoms with E-state index in [1.807, 2.05) is 36.5 Å². The summed E-state index contributed by atoms with van der Waals surface area (Å²) in [6.07, 6.45) is 3.53. The van der Waals surface area contributed by atoms with Gasteiger partial charge in [0.1, 0.15) is 4.90 Å². The third-order valence-electron chi connectivity index (χ3n) is 3.80. The Balaban J connectivity index is 1.73. The SMILES string of the molecule is CN(Cc1cnn(Cc2ccccc2)c1)S(=O)(=O)c1ccccc1Cl. The standard InChI is InChI=1S/C18H18ClN3O2S/c1-21(25(23,24)18-10-6-5-9-17(18)19)12-16-11-20-22(14-16)13-15-7-3-2-4-8-15/h2-11,14H,12-13H2,1H3. The number of sulfonamides is 1. The van der Waals surface area contributed by atoms with Crippen LogP contribution >= 0.6 is 11.6 Å². The second-order valence-electron chi connectivity index (χ2n) is 5.72. The van der Waals surface area contributed by atoms with Gasteiger partial charge >= 0.3 is 0 Å². The molecule has 0 aliphatic rings. The second kappa shape index (κ2) is 7.39. The minimum absolute atomic E-state index is 0.107. The maximum absolute atomic E-state index is 12.7. The molecule has 0 spiro atoms. The van der Waals surface area contributed by atoms with Gasteiger partial charge in [0.05, 0.1) is 17.8 Å². The summed E-state index contributed by atoms with van der Waals surface area (Å²) < 4.78 is 28.4. The van der Waals surface area contributed by atoms with Crippen LogP contribution in [0.2, 0.25) is 5.02 Å². The lowest BCUT2D eigenvalue weighted by atomic mass is 10.2. The zero-order valence-corrected chi connectivity index (χ0v) is 15.3. The summed E-state index contributed by atoms with van der Waals surface area (Å²) in [5.74, 6) is 0. The van der Waals surface area contributed by atoms with Crippen LogP contribution in [-0.2, 0) is 23.1 Å². The van der Waals surface area contributed by atoms with Crippen LogP contribution in [0.1, 0.15) is 11.1 Å². The van der Waals surface area contributed by atoms with E-state index in [0.29, 0.717) is 6.54 Å². The van der Waals surface area contributed by atoms with Gasteiger partial charge in [-0.2, -0.15) is 9.40 Å². The molecule has 0 unspecified atom stereocenters. The van der Waals surface area contributed by atoms with E-state index in [9.17, 15) is 8.42 Å². The molecule has 0 radical (unpaired) electrons. The Hall–Kier alpha value is -2.15. The zero-order valence-electron chi connectivity index (χ0n) is 13.7. The first kappa shape index (κ1) is 17.7. The van der Waals surface area contributed by atoms with Crippen molar-refractivity contribution in [3.05, 3.63) is 83.1 Å². The number of rotatable bonds is 6. The molecule has 0 fully saturated rings. The van der Waals surface area contributed by atoms with Crippen molar-refractivity contribution in [1.82, 2.24) is 14.1 Å². The van der Waals surface area contributed by atoms with Crippen molar-refractivity contribution in [2.24, 2.45) is 0 Å². The molecule has 130 valence electrons. The van der Waals surface area contributed by atoms with E-state index in [0.717, 1.165) is 11.1 Å². The zero-order chi connectivity index (χ0) is 17.9. The Labute approximate surface area is 152 Å². The minimum Gasteiger partial charge on any atom is -0.268 e. The highest BCUT2D eigenvalue weighted by molar-refractivity contribution is 7.89. The molecule has 1 heterocycles. The first-order valence-corrected chi connectivity index (χ1v) is 9.55. The molecule has 3 rings (SSSR count). The van der Waals surface area contributed by atoms with Crippen LogP contribution < -0.4 is 0 Å². The van der Waals surface area contributed by atoms with Gasteiger partial charge in [0.15, 0.2) is 0 Å². The average molecular weight is 376 g/mol. The maximum Gasteiger partial charge on any atom is 0.244 e. The highest BCUT2D eigenvalue weighted by Gasteiger charge is 2.23. The third-order valence-corrected chi connectivity index (χ3v) is 6.11.